The highest BCUT2D eigenvalue weighted by atomic mass is 79.9. The normalized spacial score (nSPS) is 11.5. The first-order chi connectivity index (χ1) is 11.7. The van der Waals surface area contributed by atoms with Crippen molar-refractivity contribution in [3.8, 4) is 0 Å². The summed E-state index contributed by atoms with van der Waals surface area (Å²) in [4.78, 5) is 16.8. The lowest BCUT2D eigenvalue weighted by molar-refractivity contribution is 0.104. The maximum absolute atomic E-state index is 12.5. The van der Waals surface area contributed by atoms with Gasteiger partial charge >= 0.3 is 0 Å². The molecule has 2 heterocycles. The minimum Gasteiger partial charge on any atom is -0.299 e. The van der Waals surface area contributed by atoms with Gasteiger partial charge in [0.1, 0.15) is 5.65 Å². The fourth-order valence-electron chi connectivity index (χ4n) is 2.70. The Morgan fingerprint density at radius 3 is 2.75 bits per heavy atom. The lowest BCUT2D eigenvalue weighted by Crippen LogP contribution is -1.94. The van der Waals surface area contributed by atoms with Crippen molar-refractivity contribution < 1.29 is 4.79 Å². The molecule has 0 radical (unpaired) electrons. The van der Waals surface area contributed by atoms with Crippen molar-refractivity contribution in [1.82, 2.24) is 9.38 Å². The molecule has 4 rings (SSSR count). The van der Waals surface area contributed by atoms with Gasteiger partial charge in [-0.25, -0.2) is 4.98 Å². The second-order valence-electron chi connectivity index (χ2n) is 5.52. The SMILES string of the molecule is O=C(C=Cc1cnc2ccc(Br)cn12)c1ccc2ccccc2c1. The second-order valence-corrected chi connectivity index (χ2v) is 6.43. The summed E-state index contributed by atoms with van der Waals surface area (Å²) in [6.07, 6.45) is 7.08. The third-order valence-corrected chi connectivity index (χ3v) is 4.41. The number of aromatic nitrogens is 2. The van der Waals surface area contributed by atoms with E-state index in [9.17, 15) is 4.79 Å². The molecule has 2 aromatic carbocycles. The quantitative estimate of drug-likeness (QED) is 0.366. The molecule has 4 aromatic rings. The van der Waals surface area contributed by atoms with Crippen LogP contribution < -0.4 is 0 Å². The Labute approximate surface area is 147 Å². The molecule has 0 N–H and O–H groups in total. The van der Waals surface area contributed by atoms with Crippen LogP contribution in [0.2, 0.25) is 0 Å². The van der Waals surface area contributed by atoms with Gasteiger partial charge in [-0.3, -0.25) is 9.20 Å². The molecule has 0 aliphatic rings. The van der Waals surface area contributed by atoms with Crippen molar-refractivity contribution in [2.45, 2.75) is 0 Å². The highest BCUT2D eigenvalue weighted by Gasteiger charge is 2.05. The first kappa shape index (κ1) is 14.8. The molecule has 0 saturated heterocycles. The maximum atomic E-state index is 12.5. The zero-order valence-electron chi connectivity index (χ0n) is 12.7. The van der Waals surface area contributed by atoms with Crippen LogP contribution in [0.4, 0.5) is 0 Å². The summed E-state index contributed by atoms with van der Waals surface area (Å²) in [7, 11) is 0. The van der Waals surface area contributed by atoms with E-state index in [0.717, 1.165) is 26.6 Å². The number of rotatable bonds is 3. The fourth-order valence-corrected chi connectivity index (χ4v) is 3.03. The Hall–Kier alpha value is -2.72. The highest BCUT2D eigenvalue weighted by Crippen LogP contribution is 2.17. The van der Waals surface area contributed by atoms with E-state index in [0.29, 0.717) is 5.56 Å². The largest absolute Gasteiger partial charge is 0.299 e. The summed E-state index contributed by atoms with van der Waals surface area (Å²) in [5, 5.41) is 2.19. The molecular formula is C20H13BrN2O. The predicted molar refractivity (Wildman–Crippen MR) is 100 cm³/mol. The number of imidazole rings is 1. The van der Waals surface area contributed by atoms with Crippen molar-refractivity contribution in [1.29, 1.82) is 0 Å². The third-order valence-electron chi connectivity index (χ3n) is 3.94. The van der Waals surface area contributed by atoms with Crippen LogP contribution in [-0.2, 0) is 0 Å². The fraction of sp³-hybridized carbons (Fsp3) is 0. The maximum Gasteiger partial charge on any atom is 0.185 e. The molecule has 0 saturated carbocycles. The molecule has 0 unspecified atom stereocenters. The average molecular weight is 377 g/mol. The van der Waals surface area contributed by atoms with Crippen LogP contribution >= 0.6 is 15.9 Å². The summed E-state index contributed by atoms with van der Waals surface area (Å²) in [5.74, 6) is -0.0225. The summed E-state index contributed by atoms with van der Waals surface area (Å²) in [6, 6.07) is 17.6. The van der Waals surface area contributed by atoms with Crippen LogP contribution in [0.1, 0.15) is 16.1 Å². The lowest BCUT2D eigenvalue weighted by Gasteiger charge is -2.01. The van der Waals surface area contributed by atoms with Gasteiger partial charge in [-0.05, 0) is 57.1 Å². The van der Waals surface area contributed by atoms with E-state index in [4.69, 9.17) is 0 Å². The average Bonchev–Trinajstić information content (AvgIpc) is 3.01. The molecule has 0 bridgehead atoms. The van der Waals surface area contributed by atoms with Crippen LogP contribution in [0.15, 0.2) is 77.5 Å². The third kappa shape index (κ3) is 2.76. The molecule has 0 aliphatic heterocycles. The van der Waals surface area contributed by atoms with E-state index in [2.05, 4.69) is 20.9 Å². The van der Waals surface area contributed by atoms with E-state index in [1.807, 2.05) is 65.2 Å². The highest BCUT2D eigenvalue weighted by molar-refractivity contribution is 9.10. The van der Waals surface area contributed by atoms with Gasteiger partial charge in [0, 0.05) is 16.2 Å². The van der Waals surface area contributed by atoms with Crippen molar-refractivity contribution in [3.63, 3.8) is 0 Å². The monoisotopic (exact) mass is 376 g/mol. The van der Waals surface area contributed by atoms with Crippen molar-refractivity contribution >= 4 is 44.2 Å². The van der Waals surface area contributed by atoms with Gasteiger partial charge in [-0.15, -0.1) is 0 Å². The minimum atomic E-state index is -0.0225. The van der Waals surface area contributed by atoms with E-state index >= 15 is 0 Å². The number of carbonyl (C=O) groups excluding carboxylic acids is 1. The van der Waals surface area contributed by atoms with E-state index in [1.165, 1.54) is 0 Å². The smallest absolute Gasteiger partial charge is 0.185 e. The number of allylic oxidation sites excluding steroid dienone is 1. The summed E-state index contributed by atoms with van der Waals surface area (Å²) in [6.45, 7) is 0. The van der Waals surface area contributed by atoms with Crippen molar-refractivity contribution in [3.05, 3.63) is 88.8 Å². The molecule has 116 valence electrons. The number of fused-ring (bicyclic) bond motifs is 2. The first-order valence-corrected chi connectivity index (χ1v) is 8.34. The molecule has 0 spiro atoms. The predicted octanol–water partition coefficient (Wildman–Crippen LogP) is 5.15. The van der Waals surface area contributed by atoms with Crippen LogP contribution in [-0.4, -0.2) is 15.2 Å². The number of benzene rings is 2. The van der Waals surface area contributed by atoms with Crippen LogP contribution in [0, 0.1) is 0 Å². The second kappa shape index (κ2) is 6.06. The van der Waals surface area contributed by atoms with Gasteiger partial charge in [0.15, 0.2) is 5.78 Å². The Morgan fingerprint density at radius 2 is 1.88 bits per heavy atom. The number of pyridine rings is 1. The first-order valence-electron chi connectivity index (χ1n) is 7.54. The van der Waals surface area contributed by atoms with Crippen molar-refractivity contribution in [2.75, 3.05) is 0 Å². The van der Waals surface area contributed by atoms with Gasteiger partial charge < -0.3 is 0 Å². The van der Waals surface area contributed by atoms with Gasteiger partial charge in [0.05, 0.1) is 11.9 Å². The van der Waals surface area contributed by atoms with Crippen molar-refractivity contribution in [2.24, 2.45) is 0 Å². The van der Waals surface area contributed by atoms with Crippen LogP contribution in [0.5, 0.6) is 0 Å². The number of hydrogen-bond acceptors (Lipinski definition) is 2. The molecule has 3 nitrogen and oxygen atoms in total. The summed E-state index contributed by atoms with van der Waals surface area (Å²) < 4.78 is 2.90. The standard InChI is InChI=1S/C20H13BrN2O/c21-17-7-10-20-22-12-18(23(20)13-17)8-9-19(24)16-6-5-14-3-1-2-4-15(14)11-16/h1-13H. The van der Waals surface area contributed by atoms with E-state index < -0.39 is 0 Å². The topological polar surface area (TPSA) is 34.4 Å². The Balaban J connectivity index is 1.66. The van der Waals surface area contributed by atoms with E-state index in [1.54, 1.807) is 18.3 Å². The number of halogens is 1. The van der Waals surface area contributed by atoms with Crippen LogP contribution in [0.3, 0.4) is 0 Å². The summed E-state index contributed by atoms with van der Waals surface area (Å²) >= 11 is 3.45. The molecule has 24 heavy (non-hydrogen) atoms. The Morgan fingerprint density at radius 1 is 1.04 bits per heavy atom. The minimum absolute atomic E-state index is 0.0225. The zero-order chi connectivity index (χ0) is 16.5. The molecular weight excluding hydrogens is 364 g/mol. The number of hydrogen-bond donors (Lipinski definition) is 0. The number of carbonyl (C=O) groups is 1. The van der Waals surface area contributed by atoms with Gasteiger partial charge in [0.25, 0.3) is 0 Å². The number of nitrogens with zero attached hydrogens (tertiary/aromatic N) is 2. The molecule has 0 amide bonds. The van der Waals surface area contributed by atoms with E-state index in [-0.39, 0.29) is 5.78 Å². The molecule has 0 atom stereocenters. The Bertz CT molecular complexity index is 1100. The van der Waals surface area contributed by atoms with Gasteiger partial charge in [-0.2, -0.15) is 0 Å². The zero-order valence-corrected chi connectivity index (χ0v) is 14.3. The Kier molecular flexibility index (Phi) is 3.75. The summed E-state index contributed by atoms with van der Waals surface area (Å²) in [5.41, 5.74) is 2.39. The molecule has 4 heteroatoms. The lowest BCUT2D eigenvalue weighted by atomic mass is 10.0. The van der Waals surface area contributed by atoms with Gasteiger partial charge in [-0.1, -0.05) is 36.4 Å². The molecule has 0 fully saturated rings. The number of ketones is 1. The molecule has 0 aliphatic carbocycles. The van der Waals surface area contributed by atoms with Crippen LogP contribution in [0.25, 0.3) is 22.5 Å². The van der Waals surface area contributed by atoms with Gasteiger partial charge in [0.2, 0.25) is 0 Å². The molecule has 2 aromatic heterocycles.